The minimum Gasteiger partial charge on any atom is -0.469 e. The van der Waals surface area contributed by atoms with Gasteiger partial charge in [-0.25, -0.2) is 0 Å². The maximum Gasteiger partial charge on any atom is 0.146 e. The van der Waals surface area contributed by atoms with Crippen molar-refractivity contribution in [3.8, 4) is 0 Å². The number of rotatable bonds is 4. The summed E-state index contributed by atoms with van der Waals surface area (Å²) in [5.41, 5.74) is -0.0349. The number of furan rings is 1. The molecule has 1 aromatic heterocycles. The van der Waals surface area contributed by atoms with Gasteiger partial charge in [0.2, 0.25) is 0 Å². The van der Waals surface area contributed by atoms with Crippen molar-refractivity contribution in [3.63, 3.8) is 0 Å². The molecule has 1 fully saturated rings. The molecule has 0 spiro atoms. The summed E-state index contributed by atoms with van der Waals surface area (Å²) < 4.78 is 5.23. The first kappa shape index (κ1) is 10.5. The van der Waals surface area contributed by atoms with E-state index in [4.69, 9.17) is 4.42 Å². The lowest BCUT2D eigenvalue weighted by atomic mass is 9.78. The number of carbonyl (C=O) groups is 1. The molecule has 2 rings (SSSR count). The van der Waals surface area contributed by atoms with Crippen molar-refractivity contribution in [1.29, 1.82) is 0 Å². The first-order valence-corrected chi connectivity index (χ1v) is 5.82. The van der Waals surface area contributed by atoms with Crippen molar-refractivity contribution in [2.45, 2.75) is 45.4 Å². The fourth-order valence-corrected chi connectivity index (χ4v) is 2.64. The SMILES string of the molecule is CCC1(C(=O)Cc2ccco2)CCCC1. The van der Waals surface area contributed by atoms with Crippen LogP contribution in [0.5, 0.6) is 0 Å². The van der Waals surface area contributed by atoms with Crippen molar-refractivity contribution in [2.24, 2.45) is 5.41 Å². The molecular formula is C13H18O2. The molecule has 0 aliphatic heterocycles. The monoisotopic (exact) mass is 206 g/mol. The van der Waals surface area contributed by atoms with E-state index in [1.165, 1.54) is 12.8 Å². The van der Waals surface area contributed by atoms with Gasteiger partial charge in [-0.2, -0.15) is 0 Å². The largest absolute Gasteiger partial charge is 0.469 e. The zero-order valence-electron chi connectivity index (χ0n) is 9.29. The predicted molar refractivity (Wildman–Crippen MR) is 58.6 cm³/mol. The summed E-state index contributed by atoms with van der Waals surface area (Å²) in [5.74, 6) is 1.18. The zero-order chi connectivity index (χ0) is 10.7. The molecular weight excluding hydrogens is 188 g/mol. The third-order valence-corrected chi connectivity index (χ3v) is 3.74. The molecule has 1 aromatic rings. The Hall–Kier alpha value is -1.05. The van der Waals surface area contributed by atoms with Gasteiger partial charge in [0.1, 0.15) is 11.5 Å². The number of Topliss-reactive ketones (excluding diaryl/α,β-unsaturated/α-hetero) is 1. The molecule has 0 bridgehead atoms. The Labute approximate surface area is 90.7 Å². The predicted octanol–water partition coefficient (Wildman–Crippen LogP) is 3.36. The molecule has 2 nitrogen and oxygen atoms in total. The normalized spacial score (nSPS) is 19.3. The summed E-state index contributed by atoms with van der Waals surface area (Å²) in [7, 11) is 0. The fourth-order valence-electron chi connectivity index (χ4n) is 2.64. The van der Waals surface area contributed by atoms with E-state index in [1.54, 1.807) is 6.26 Å². The molecule has 0 saturated heterocycles. The van der Waals surface area contributed by atoms with Crippen molar-refractivity contribution in [2.75, 3.05) is 0 Å². The highest BCUT2D eigenvalue weighted by atomic mass is 16.3. The van der Waals surface area contributed by atoms with Crippen LogP contribution in [0, 0.1) is 5.41 Å². The van der Waals surface area contributed by atoms with E-state index in [9.17, 15) is 4.79 Å². The van der Waals surface area contributed by atoms with Crippen molar-refractivity contribution in [1.82, 2.24) is 0 Å². The molecule has 82 valence electrons. The molecule has 15 heavy (non-hydrogen) atoms. The Morgan fingerprint density at radius 2 is 2.20 bits per heavy atom. The lowest BCUT2D eigenvalue weighted by Gasteiger charge is -2.25. The standard InChI is InChI=1S/C13H18O2/c1-2-13(7-3-4-8-13)12(14)10-11-6-5-9-15-11/h5-6,9H,2-4,7-8,10H2,1H3. The molecule has 0 N–H and O–H groups in total. The minimum atomic E-state index is -0.0349. The van der Waals surface area contributed by atoms with Gasteiger partial charge in [0.05, 0.1) is 12.7 Å². The Balaban J connectivity index is 2.06. The topological polar surface area (TPSA) is 30.2 Å². The first-order chi connectivity index (χ1) is 7.27. The summed E-state index contributed by atoms with van der Waals surface area (Å²) in [4.78, 5) is 12.2. The van der Waals surface area contributed by atoms with Gasteiger partial charge >= 0.3 is 0 Å². The van der Waals surface area contributed by atoms with Gasteiger partial charge in [0, 0.05) is 5.41 Å². The molecule has 1 saturated carbocycles. The average Bonchev–Trinajstić information content (AvgIpc) is 2.87. The Bertz CT molecular complexity index is 318. The van der Waals surface area contributed by atoms with E-state index in [-0.39, 0.29) is 5.41 Å². The summed E-state index contributed by atoms with van der Waals surface area (Å²) in [6, 6.07) is 3.73. The smallest absolute Gasteiger partial charge is 0.146 e. The van der Waals surface area contributed by atoms with Crippen LogP contribution in [0.4, 0.5) is 0 Å². The van der Waals surface area contributed by atoms with Gasteiger partial charge < -0.3 is 4.42 Å². The van der Waals surface area contributed by atoms with Crippen LogP contribution in [0.25, 0.3) is 0 Å². The van der Waals surface area contributed by atoms with E-state index < -0.39 is 0 Å². The summed E-state index contributed by atoms with van der Waals surface area (Å²) in [6.07, 6.45) is 7.64. The molecule has 2 heteroatoms. The lowest BCUT2D eigenvalue weighted by Crippen LogP contribution is -2.28. The first-order valence-electron chi connectivity index (χ1n) is 5.82. The van der Waals surface area contributed by atoms with Crippen LogP contribution in [-0.2, 0) is 11.2 Å². The second kappa shape index (κ2) is 4.21. The quantitative estimate of drug-likeness (QED) is 0.756. The molecule has 0 atom stereocenters. The molecule has 1 heterocycles. The molecule has 0 aromatic carbocycles. The third kappa shape index (κ3) is 1.99. The van der Waals surface area contributed by atoms with Crippen LogP contribution in [0.15, 0.2) is 22.8 Å². The van der Waals surface area contributed by atoms with Crippen molar-refractivity contribution < 1.29 is 9.21 Å². The molecule has 0 radical (unpaired) electrons. The van der Waals surface area contributed by atoms with Gasteiger partial charge in [-0.3, -0.25) is 4.79 Å². The van der Waals surface area contributed by atoms with Gasteiger partial charge in [0.25, 0.3) is 0 Å². The van der Waals surface area contributed by atoms with Crippen molar-refractivity contribution in [3.05, 3.63) is 24.2 Å². The second-order valence-corrected chi connectivity index (χ2v) is 4.52. The Kier molecular flexibility index (Phi) is 2.94. The van der Waals surface area contributed by atoms with Crippen LogP contribution in [0.1, 0.15) is 44.8 Å². The van der Waals surface area contributed by atoms with E-state index in [0.717, 1.165) is 25.0 Å². The highest BCUT2D eigenvalue weighted by Crippen LogP contribution is 2.42. The van der Waals surface area contributed by atoms with Gasteiger partial charge in [-0.05, 0) is 31.4 Å². The summed E-state index contributed by atoms with van der Waals surface area (Å²) in [5, 5.41) is 0. The van der Waals surface area contributed by atoms with Crippen LogP contribution >= 0.6 is 0 Å². The van der Waals surface area contributed by atoms with Gasteiger partial charge in [0.15, 0.2) is 0 Å². The highest BCUT2D eigenvalue weighted by Gasteiger charge is 2.38. The fraction of sp³-hybridized carbons (Fsp3) is 0.615. The summed E-state index contributed by atoms with van der Waals surface area (Å²) in [6.45, 7) is 2.13. The third-order valence-electron chi connectivity index (χ3n) is 3.74. The number of hydrogen-bond donors (Lipinski definition) is 0. The van der Waals surface area contributed by atoms with Crippen molar-refractivity contribution >= 4 is 5.78 Å². The van der Waals surface area contributed by atoms with E-state index in [2.05, 4.69) is 6.92 Å². The number of hydrogen-bond acceptors (Lipinski definition) is 2. The number of carbonyl (C=O) groups excluding carboxylic acids is 1. The molecule has 0 amide bonds. The number of ketones is 1. The molecule has 0 unspecified atom stereocenters. The van der Waals surface area contributed by atoms with E-state index >= 15 is 0 Å². The maximum atomic E-state index is 12.2. The van der Waals surface area contributed by atoms with Crippen LogP contribution in [-0.4, -0.2) is 5.78 Å². The minimum absolute atomic E-state index is 0.0349. The van der Waals surface area contributed by atoms with Gasteiger partial charge in [-0.1, -0.05) is 19.8 Å². The molecule has 1 aliphatic carbocycles. The van der Waals surface area contributed by atoms with E-state index in [1.807, 2.05) is 12.1 Å². The Morgan fingerprint density at radius 1 is 1.47 bits per heavy atom. The molecule has 1 aliphatic rings. The van der Waals surface area contributed by atoms with Crippen LogP contribution in [0.3, 0.4) is 0 Å². The maximum absolute atomic E-state index is 12.2. The van der Waals surface area contributed by atoms with Crippen LogP contribution < -0.4 is 0 Å². The Morgan fingerprint density at radius 3 is 2.73 bits per heavy atom. The lowest BCUT2D eigenvalue weighted by molar-refractivity contribution is -0.128. The van der Waals surface area contributed by atoms with E-state index in [0.29, 0.717) is 12.2 Å². The van der Waals surface area contributed by atoms with Crippen LogP contribution in [0.2, 0.25) is 0 Å². The second-order valence-electron chi connectivity index (χ2n) is 4.52. The zero-order valence-corrected chi connectivity index (χ0v) is 9.29. The highest BCUT2D eigenvalue weighted by molar-refractivity contribution is 5.86. The summed E-state index contributed by atoms with van der Waals surface area (Å²) >= 11 is 0. The van der Waals surface area contributed by atoms with Gasteiger partial charge in [-0.15, -0.1) is 0 Å². The average molecular weight is 206 g/mol.